The average molecular weight is 332 g/mol. The molecule has 4 nitrogen and oxygen atoms in total. The van der Waals surface area contributed by atoms with Crippen molar-refractivity contribution in [2.24, 2.45) is 5.92 Å². The van der Waals surface area contributed by atoms with Gasteiger partial charge in [0.25, 0.3) is 0 Å². The molecule has 0 aliphatic heterocycles. The summed E-state index contributed by atoms with van der Waals surface area (Å²) in [6.45, 7) is 9.11. The van der Waals surface area contributed by atoms with Gasteiger partial charge >= 0.3 is 6.03 Å². The summed E-state index contributed by atoms with van der Waals surface area (Å²) in [6, 6.07) is 6.14. The second-order valence-corrected chi connectivity index (χ2v) is 6.85. The van der Waals surface area contributed by atoms with Gasteiger partial charge in [-0.15, -0.1) is 0 Å². The summed E-state index contributed by atoms with van der Waals surface area (Å²) >= 11 is 0. The van der Waals surface area contributed by atoms with Gasteiger partial charge in [0.15, 0.2) is 0 Å². The Bertz CT molecular complexity index is 520. The van der Waals surface area contributed by atoms with Gasteiger partial charge in [-0.05, 0) is 56.9 Å². The number of carbonyl (C=O) groups is 1. The quantitative estimate of drug-likeness (QED) is 0.744. The molecule has 0 unspecified atom stereocenters. The van der Waals surface area contributed by atoms with E-state index in [1.807, 2.05) is 13.0 Å². The first kappa shape index (κ1) is 18.6. The molecular weight excluding hydrogens is 298 g/mol. The number of carbonyl (C=O) groups excluding carboxylic acids is 1. The lowest BCUT2D eigenvalue weighted by Gasteiger charge is -2.22. The van der Waals surface area contributed by atoms with Crippen LogP contribution in [0.15, 0.2) is 18.2 Å². The van der Waals surface area contributed by atoms with Gasteiger partial charge in [-0.3, -0.25) is 0 Å². The van der Waals surface area contributed by atoms with E-state index in [0.29, 0.717) is 0 Å². The summed E-state index contributed by atoms with van der Waals surface area (Å²) < 4.78 is 0. The van der Waals surface area contributed by atoms with Gasteiger partial charge < -0.3 is 15.5 Å². The Morgan fingerprint density at radius 3 is 2.50 bits per heavy atom. The molecule has 1 aromatic carbocycles. The number of benzene rings is 1. The number of urea groups is 1. The number of amides is 2. The molecule has 1 fully saturated rings. The highest BCUT2D eigenvalue weighted by Crippen LogP contribution is 2.26. The lowest BCUT2D eigenvalue weighted by molar-refractivity contribution is 0.250. The Balaban J connectivity index is 1.80. The van der Waals surface area contributed by atoms with Gasteiger partial charge in [-0.25, -0.2) is 4.79 Å². The highest BCUT2D eigenvalue weighted by molar-refractivity contribution is 5.90. The molecule has 0 heterocycles. The molecule has 0 spiro atoms. The third kappa shape index (κ3) is 5.43. The predicted octanol–water partition coefficient (Wildman–Crippen LogP) is 4.93. The summed E-state index contributed by atoms with van der Waals surface area (Å²) in [7, 11) is 0. The highest BCUT2D eigenvalue weighted by atomic mass is 16.2. The Morgan fingerprint density at radius 2 is 1.88 bits per heavy atom. The first-order valence-electron chi connectivity index (χ1n) is 9.54. The van der Waals surface area contributed by atoms with E-state index in [-0.39, 0.29) is 6.03 Å². The Kier molecular flexibility index (Phi) is 7.41. The summed E-state index contributed by atoms with van der Waals surface area (Å²) in [6.07, 6.45) is 7.86. The second kappa shape index (κ2) is 9.55. The Morgan fingerprint density at radius 1 is 1.17 bits per heavy atom. The number of hydrogen-bond acceptors (Lipinski definition) is 2. The van der Waals surface area contributed by atoms with Crippen LogP contribution in [0.1, 0.15) is 57.9 Å². The van der Waals surface area contributed by atoms with E-state index in [4.69, 9.17) is 0 Å². The highest BCUT2D eigenvalue weighted by Gasteiger charge is 2.13. The monoisotopic (exact) mass is 331 g/mol. The van der Waals surface area contributed by atoms with E-state index in [1.54, 1.807) is 0 Å². The van der Waals surface area contributed by atoms with E-state index in [0.717, 1.165) is 43.2 Å². The Hall–Kier alpha value is -1.71. The summed E-state index contributed by atoms with van der Waals surface area (Å²) in [5.74, 6) is 0.800. The number of hydrogen-bond donors (Lipinski definition) is 2. The second-order valence-electron chi connectivity index (χ2n) is 6.85. The van der Waals surface area contributed by atoms with E-state index in [1.165, 1.54) is 37.8 Å². The van der Waals surface area contributed by atoms with Crippen LogP contribution in [0.3, 0.4) is 0 Å². The standard InChI is InChI=1S/C20H33N3O/c1-4-23(5-2)18-11-12-19(16(3)15-18)22-20(24)21-14-13-17-9-7-6-8-10-17/h11-12,15,17H,4-10,13-14H2,1-3H3,(H2,21,22,24). The maximum Gasteiger partial charge on any atom is 0.319 e. The van der Waals surface area contributed by atoms with Crippen LogP contribution in [0.25, 0.3) is 0 Å². The fraction of sp³-hybridized carbons (Fsp3) is 0.650. The van der Waals surface area contributed by atoms with Crippen LogP contribution in [0.5, 0.6) is 0 Å². The van der Waals surface area contributed by atoms with Gasteiger partial charge in [-0.2, -0.15) is 0 Å². The molecule has 24 heavy (non-hydrogen) atoms. The van der Waals surface area contributed by atoms with Crippen LogP contribution in [0.2, 0.25) is 0 Å². The number of rotatable bonds is 7. The summed E-state index contributed by atoms with van der Waals surface area (Å²) in [5, 5.41) is 5.99. The van der Waals surface area contributed by atoms with Crippen LogP contribution >= 0.6 is 0 Å². The summed E-state index contributed by atoms with van der Waals surface area (Å²) in [5.41, 5.74) is 3.20. The number of nitrogens with one attached hydrogen (secondary N) is 2. The topological polar surface area (TPSA) is 44.4 Å². The van der Waals surface area contributed by atoms with Crippen molar-refractivity contribution < 1.29 is 4.79 Å². The zero-order valence-electron chi connectivity index (χ0n) is 15.5. The maximum atomic E-state index is 12.1. The minimum absolute atomic E-state index is 0.0931. The molecule has 0 radical (unpaired) electrons. The minimum atomic E-state index is -0.0931. The molecule has 0 atom stereocenters. The van der Waals surface area contributed by atoms with Crippen LogP contribution in [0, 0.1) is 12.8 Å². The van der Waals surface area contributed by atoms with Gasteiger partial charge in [-0.1, -0.05) is 32.1 Å². The van der Waals surface area contributed by atoms with Crippen molar-refractivity contribution in [1.29, 1.82) is 0 Å². The predicted molar refractivity (Wildman–Crippen MR) is 103 cm³/mol. The normalized spacial score (nSPS) is 15.1. The molecule has 134 valence electrons. The lowest BCUT2D eigenvalue weighted by atomic mass is 9.87. The molecule has 0 bridgehead atoms. The molecule has 4 heteroatoms. The Labute approximate surface area is 147 Å². The molecule has 1 aromatic rings. The fourth-order valence-electron chi connectivity index (χ4n) is 3.61. The molecule has 0 saturated heterocycles. The van der Waals surface area contributed by atoms with E-state index < -0.39 is 0 Å². The van der Waals surface area contributed by atoms with Gasteiger partial charge in [0.1, 0.15) is 0 Å². The number of aryl methyl sites for hydroxylation is 1. The van der Waals surface area contributed by atoms with Gasteiger partial charge in [0.05, 0.1) is 0 Å². The van der Waals surface area contributed by atoms with Crippen molar-refractivity contribution in [1.82, 2.24) is 5.32 Å². The van der Waals surface area contributed by atoms with Crippen molar-refractivity contribution >= 4 is 17.4 Å². The van der Waals surface area contributed by atoms with Crippen LogP contribution in [0.4, 0.5) is 16.2 Å². The molecular formula is C20H33N3O. The summed E-state index contributed by atoms with van der Waals surface area (Å²) in [4.78, 5) is 14.4. The van der Waals surface area contributed by atoms with Crippen LogP contribution < -0.4 is 15.5 Å². The zero-order valence-corrected chi connectivity index (χ0v) is 15.5. The molecule has 1 saturated carbocycles. The maximum absolute atomic E-state index is 12.1. The van der Waals surface area contributed by atoms with Crippen molar-refractivity contribution in [2.45, 2.75) is 59.3 Å². The molecule has 1 aliphatic rings. The SMILES string of the molecule is CCN(CC)c1ccc(NC(=O)NCCC2CCCCC2)c(C)c1. The van der Waals surface area contributed by atoms with Crippen molar-refractivity contribution in [3.63, 3.8) is 0 Å². The zero-order chi connectivity index (χ0) is 17.4. The first-order chi connectivity index (χ1) is 11.6. The molecule has 2 N–H and O–H groups in total. The van der Waals surface area contributed by atoms with Crippen molar-refractivity contribution in [3.05, 3.63) is 23.8 Å². The average Bonchev–Trinajstić information content (AvgIpc) is 2.59. The van der Waals surface area contributed by atoms with Crippen LogP contribution in [-0.4, -0.2) is 25.7 Å². The largest absolute Gasteiger partial charge is 0.372 e. The minimum Gasteiger partial charge on any atom is -0.372 e. The molecule has 0 aromatic heterocycles. The van der Waals surface area contributed by atoms with E-state index in [9.17, 15) is 4.79 Å². The lowest BCUT2D eigenvalue weighted by Crippen LogP contribution is -2.31. The fourth-order valence-corrected chi connectivity index (χ4v) is 3.61. The third-order valence-electron chi connectivity index (χ3n) is 5.15. The van der Waals surface area contributed by atoms with E-state index >= 15 is 0 Å². The van der Waals surface area contributed by atoms with Crippen molar-refractivity contribution in [3.8, 4) is 0 Å². The van der Waals surface area contributed by atoms with E-state index in [2.05, 4.69) is 41.5 Å². The number of anilines is 2. The van der Waals surface area contributed by atoms with Crippen molar-refractivity contribution in [2.75, 3.05) is 29.9 Å². The number of nitrogens with zero attached hydrogens (tertiary/aromatic N) is 1. The first-order valence-corrected chi connectivity index (χ1v) is 9.54. The van der Waals surface area contributed by atoms with Crippen LogP contribution in [-0.2, 0) is 0 Å². The van der Waals surface area contributed by atoms with Gasteiger partial charge in [0.2, 0.25) is 0 Å². The smallest absolute Gasteiger partial charge is 0.319 e. The molecule has 1 aliphatic carbocycles. The molecule has 2 rings (SSSR count). The third-order valence-corrected chi connectivity index (χ3v) is 5.15. The van der Waals surface area contributed by atoms with Gasteiger partial charge in [0, 0.05) is 31.0 Å². The molecule has 2 amide bonds.